The van der Waals surface area contributed by atoms with Gasteiger partial charge in [-0.1, -0.05) is 38.5 Å². The molecule has 0 radical (unpaired) electrons. The van der Waals surface area contributed by atoms with Gasteiger partial charge >= 0.3 is 0 Å². The minimum absolute atomic E-state index is 0.000622. The molecular formula is C21H24N2O3. The SMILES string of the molecule is CC1=C[C@@H]2[C@@H]3C(=O)NC(=O)[C@@H]3[C@H](C(=O)C(C)(C)C)N2c2ccc(C)cc21. The zero-order chi connectivity index (χ0) is 19.0. The summed E-state index contributed by atoms with van der Waals surface area (Å²) >= 11 is 0. The number of hydrogen-bond acceptors (Lipinski definition) is 4. The highest BCUT2D eigenvalue weighted by Gasteiger charge is 2.62. The maximum absolute atomic E-state index is 13.3. The van der Waals surface area contributed by atoms with E-state index in [0.717, 1.165) is 22.4 Å². The van der Waals surface area contributed by atoms with Crippen LogP contribution in [0.15, 0.2) is 24.3 Å². The molecule has 0 aromatic heterocycles. The second-order valence-electron chi connectivity index (χ2n) is 8.73. The number of nitrogens with zero attached hydrogens (tertiary/aromatic N) is 1. The topological polar surface area (TPSA) is 66.5 Å². The third-order valence-corrected chi connectivity index (χ3v) is 5.85. The zero-order valence-corrected chi connectivity index (χ0v) is 15.8. The quantitative estimate of drug-likeness (QED) is 0.789. The molecule has 2 amide bonds. The van der Waals surface area contributed by atoms with Crippen LogP contribution >= 0.6 is 0 Å². The number of imide groups is 1. The Kier molecular flexibility index (Phi) is 3.46. The van der Waals surface area contributed by atoms with Gasteiger partial charge < -0.3 is 4.90 Å². The monoisotopic (exact) mass is 352 g/mol. The second kappa shape index (κ2) is 5.29. The standard InChI is InChI=1S/C21H24N2O3/c1-10-6-7-13-12(8-10)11(2)9-14-15-16(20(26)22-19(15)25)17(23(13)14)18(24)21(3,4)5/h6-9,14-17H,1-5H3,(H,22,25,26)/t14-,15+,16+,17-/m1/s1. The molecule has 1 aromatic rings. The fraction of sp³-hybridized carbons (Fsp3) is 0.476. The molecule has 0 spiro atoms. The van der Waals surface area contributed by atoms with Gasteiger partial charge in [-0.05, 0) is 31.6 Å². The molecule has 2 fully saturated rings. The van der Waals surface area contributed by atoms with Crippen LogP contribution in [0.5, 0.6) is 0 Å². The van der Waals surface area contributed by atoms with Crippen LogP contribution in [0.25, 0.3) is 5.57 Å². The molecular weight excluding hydrogens is 328 g/mol. The molecule has 26 heavy (non-hydrogen) atoms. The van der Waals surface area contributed by atoms with Gasteiger partial charge in [0.2, 0.25) is 11.8 Å². The van der Waals surface area contributed by atoms with Crippen molar-refractivity contribution in [2.75, 3.05) is 4.90 Å². The summed E-state index contributed by atoms with van der Waals surface area (Å²) in [6.07, 6.45) is 2.05. The van der Waals surface area contributed by atoms with Crippen LogP contribution in [0.1, 0.15) is 38.8 Å². The minimum Gasteiger partial charge on any atom is -0.353 e. The van der Waals surface area contributed by atoms with Crippen molar-refractivity contribution in [1.29, 1.82) is 0 Å². The fourth-order valence-electron chi connectivity index (χ4n) is 4.62. The molecule has 5 heteroatoms. The largest absolute Gasteiger partial charge is 0.353 e. The van der Waals surface area contributed by atoms with Crippen LogP contribution in [-0.2, 0) is 14.4 Å². The van der Waals surface area contributed by atoms with E-state index in [1.54, 1.807) is 0 Å². The van der Waals surface area contributed by atoms with Gasteiger partial charge in [0.25, 0.3) is 0 Å². The molecule has 0 unspecified atom stereocenters. The average Bonchev–Trinajstić information content (AvgIpc) is 3.02. The van der Waals surface area contributed by atoms with E-state index in [1.165, 1.54) is 0 Å². The molecule has 3 aliphatic rings. The van der Waals surface area contributed by atoms with Gasteiger partial charge in [-0.15, -0.1) is 0 Å². The lowest BCUT2D eigenvalue weighted by atomic mass is 9.79. The third kappa shape index (κ3) is 2.19. The highest BCUT2D eigenvalue weighted by molar-refractivity contribution is 6.12. The molecule has 136 valence electrons. The van der Waals surface area contributed by atoms with Crippen molar-refractivity contribution in [3.8, 4) is 0 Å². The molecule has 2 saturated heterocycles. The first-order valence-corrected chi connectivity index (χ1v) is 9.08. The smallest absolute Gasteiger partial charge is 0.233 e. The lowest BCUT2D eigenvalue weighted by Crippen LogP contribution is -2.51. The summed E-state index contributed by atoms with van der Waals surface area (Å²) in [5.41, 5.74) is 3.64. The van der Waals surface area contributed by atoms with E-state index in [0.29, 0.717) is 0 Å². The van der Waals surface area contributed by atoms with Crippen molar-refractivity contribution in [2.24, 2.45) is 17.3 Å². The second-order valence-corrected chi connectivity index (χ2v) is 8.73. The summed E-state index contributed by atoms with van der Waals surface area (Å²) in [5, 5.41) is 2.45. The number of ketones is 1. The molecule has 5 nitrogen and oxygen atoms in total. The number of carbonyl (C=O) groups excluding carboxylic acids is 3. The summed E-state index contributed by atoms with van der Waals surface area (Å²) in [5.74, 6) is -1.73. The van der Waals surface area contributed by atoms with E-state index in [1.807, 2.05) is 57.7 Å². The fourth-order valence-corrected chi connectivity index (χ4v) is 4.62. The predicted octanol–water partition coefficient (Wildman–Crippen LogP) is 2.47. The van der Waals surface area contributed by atoms with E-state index in [2.05, 4.69) is 11.4 Å². The molecule has 0 saturated carbocycles. The average molecular weight is 352 g/mol. The van der Waals surface area contributed by atoms with Crippen LogP contribution in [-0.4, -0.2) is 29.7 Å². The molecule has 4 atom stereocenters. The van der Waals surface area contributed by atoms with Crippen LogP contribution in [0.3, 0.4) is 0 Å². The molecule has 3 aliphatic heterocycles. The number of fused-ring (bicyclic) bond motifs is 5. The zero-order valence-electron chi connectivity index (χ0n) is 15.8. The Morgan fingerprint density at radius 3 is 2.38 bits per heavy atom. The molecule has 1 N–H and O–H groups in total. The van der Waals surface area contributed by atoms with Crippen molar-refractivity contribution in [3.05, 3.63) is 35.4 Å². The lowest BCUT2D eigenvalue weighted by molar-refractivity contribution is -0.132. The first-order valence-electron chi connectivity index (χ1n) is 9.08. The van der Waals surface area contributed by atoms with E-state index in [-0.39, 0.29) is 23.6 Å². The Balaban J connectivity index is 1.93. The predicted molar refractivity (Wildman–Crippen MR) is 99.5 cm³/mol. The normalized spacial score (nSPS) is 29.7. The maximum Gasteiger partial charge on any atom is 0.233 e. The van der Waals surface area contributed by atoms with Crippen molar-refractivity contribution < 1.29 is 14.4 Å². The summed E-state index contributed by atoms with van der Waals surface area (Å²) < 4.78 is 0. The number of nitrogens with one attached hydrogen (secondary N) is 1. The van der Waals surface area contributed by atoms with Crippen molar-refractivity contribution in [1.82, 2.24) is 5.32 Å². The first kappa shape index (κ1) is 17.0. The van der Waals surface area contributed by atoms with Gasteiger partial charge in [-0.3, -0.25) is 19.7 Å². The Morgan fingerprint density at radius 1 is 1.08 bits per heavy atom. The third-order valence-electron chi connectivity index (χ3n) is 5.85. The van der Waals surface area contributed by atoms with E-state index in [4.69, 9.17) is 0 Å². The Labute approximate surface area is 153 Å². The number of benzene rings is 1. The molecule has 4 rings (SSSR count). The maximum atomic E-state index is 13.3. The van der Waals surface area contributed by atoms with E-state index in [9.17, 15) is 14.4 Å². The number of Topliss-reactive ketones (excluding diaryl/α,β-unsaturated/α-hetero) is 1. The number of aryl methyl sites for hydroxylation is 1. The van der Waals surface area contributed by atoms with Gasteiger partial charge in [0.15, 0.2) is 5.78 Å². The number of hydrogen-bond donors (Lipinski definition) is 1. The first-order chi connectivity index (χ1) is 12.1. The van der Waals surface area contributed by atoms with Crippen LogP contribution in [0.2, 0.25) is 0 Å². The highest BCUT2D eigenvalue weighted by atomic mass is 16.2. The minimum atomic E-state index is -0.629. The number of carbonyl (C=O) groups is 3. The molecule has 1 aromatic carbocycles. The Hall–Kier alpha value is -2.43. The summed E-state index contributed by atoms with van der Waals surface area (Å²) in [4.78, 5) is 40.4. The molecule has 0 bridgehead atoms. The van der Waals surface area contributed by atoms with Crippen molar-refractivity contribution in [3.63, 3.8) is 0 Å². The van der Waals surface area contributed by atoms with Gasteiger partial charge in [0.05, 0.1) is 17.9 Å². The molecule has 0 aliphatic carbocycles. The number of allylic oxidation sites excluding steroid dienone is 1. The van der Waals surface area contributed by atoms with Gasteiger partial charge in [0.1, 0.15) is 6.04 Å². The van der Waals surface area contributed by atoms with Crippen molar-refractivity contribution in [2.45, 2.75) is 46.7 Å². The number of anilines is 1. The van der Waals surface area contributed by atoms with Gasteiger partial charge in [-0.25, -0.2) is 0 Å². The van der Waals surface area contributed by atoms with Crippen LogP contribution < -0.4 is 10.2 Å². The van der Waals surface area contributed by atoms with Crippen LogP contribution in [0, 0.1) is 24.2 Å². The van der Waals surface area contributed by atoms with Crippen LogP contribution in [0.4, 0.5) is 5.69 Å². The Bertz CT molecular complexity index is 878. The van der Waals surface area contributed by atoms with Crippen molar-refractivity contribution >= 4 is 28.9 Å². The van der Waals surface area contributed by atoms with Gasteiger partial charge in [-0.2, -0.15) is 0 Å². The summed E-state index contributed by atoms with van der Waals surface area (Å²) in [7, 11) is 0. The summed E-state index contributed by atoms with van der Waals surface area (Å²) in [6.45, 7) is 9.67. The van der Waals surface area contributed by atoms with E-state index < -0.39 is 23.3 Å². The molecule has 3 heterocycles. The lowest BCUT2D eigenvalue weighted by Gasteiger charge is -2.39. The Morgan fingerprint density at radius 2 is 1.73 bits per heavy atom. The number of amides is 2. The summed E-state index contributed by atoms with van der Waals surface area (Å²) in [6, 6.07) is 5.25. The van der Waals surface area contributed by atoms with E-state index >= 15 is 0 Å². The van der Waals surface area contributed by atoms with Gasteiger partial charge in [0, 0.05) is 16.7 Å². The number of rotatable bonds is 1. The highest BCUT2D eigenvalue weighted by Crippen LogP contribution is 2.49.